The highest BCUT2D eigenvalue weighted by Crippen LogP contribution is 2.38. The van der Waals surface area contributed by atoms with Gasteiger partial charge in [0.05, 0.1) is 24.9 Å². The number of unbranched alkanes of at least 4 members (excludes halogenated alkanes) is 2. The molecule has 160 valence electrons. The molecular weight excluding hydrogens is 412 g/mol. The summed E-state index contributed by atoms with van der Waals surface area (Å²) in [6, 6.07) is 8.82. The minimum atomic E-state index is -0.578. The van der Waals surface area contributed by atoms with Crippen LogP contribution in [0.1, 0.15) is 31.7 Å². The van der Waals surface area contributed by atoms with E-state index in [1.807, 2.05) is 0 Å². The molecular formula is C20H23ClN4O5. The van der Waals surface area contributed by atoms with E-state index in [9.17, 15) is 14.9 Å². The Morgan fingerprint density at radius 3 is 2.63 bits per heavy atom. The van der Waals surface area contributed by atoms with E-state index in [2.05, 4.69) is 22.8 Å². The number of amides is 2. The molecule has 9 nitrogen and oxygen atoms in total. The SMILES string of the molecule is CCCCCOc1c(OC)cc(/C=N\NC(=O)Nc2ccc(Cl)cc2)cc1[N+](=O)[O-]. The van der Waals surface area contributed by atoms with Gasteiger partial charge < -0.3 is 14.8 Å². The topological polar surface area (TPSA) is 115 Å². The van der Waals surface area contributed by atoms with Gasteiger partial charge in [0.2, 0.25) is 5.75 Å². The smallest absolute Gasteiger partial charge is 0.339 e. The van der Waals surface area contributed by atoms with Crippen LogP contribution in [0.4, 0.5) is 16.2 Å². The lowest BCUT2D eigenvalue weighted by Crippen LogP contribution is -2.24. The number of hydrogen-bond donors (Lipinski definition) is 2. The largest absolute Gasteiger partial charge is 0.493 e. The first-order valence-corrected chi connectivity index (χ1v) is 9.67. The van der Waals surface area contributed by atoms with Gasteiger partial charge in [-0.1, -0.05) is 31.4 Å². The summed E-state index contributed by atoms with van der Waals surface area (Å²) in [6.45, 7) is 2.41. The van der Waals surface area contributed by atoms with E-state index in [-0.39, 0.29) is 17.2 Å². The maximum Gasteiger partial charge on any atom is 0.339 e. The average molecular weight is 435 g/mol. The fourth-order valence-corrected chi connectivity index (χ4v) is 2.63. The first-order chi connectivity index (χ1) is 14.4. The van der Waals surface area contributed by atoms with Gasteiger partial charge in [-0.2, -0.15) is 5.10 Å². The number of carbonyl (C=O) groups is 1. The van der Waals surface area contributed by atoms with Crippen molar-refractivity contribution in [3.63, 3.8) is 0 Å². The molecule has 0 atom stereocenters. The van der Waals surface area contributed by atoms with Crippen molar-refractivity contribution in [2.45, 2.75) is 26.2 Å². The van der Waals surface area contributed by atoms with Gasteiger partial charge in [0, 0.05) is 22.3 Å². The third-order valence-corrected chi connectivity index (χ3v) is 4.20. The number of ether oxygens (including phenoxy) is 2. The van der Waals surface area contributed by atoms with Gasteiger partial charge in [0.15, 0.2) is 5.75 Å². The van der Waals surface area contributed by atoms with Crippen LogP contribution in [0.15, 0.2) is 41.5 Å². The Hall–Kier alpha value is -3.33. The van der Waals surface area contributed by atoms with Gasteiger partial charge in [-0.25, -0.2) is 10.2 Å². The number of nitro groups is 1. The summed E-state index contributed by atoms with van der Waals surface area (Å²) in [7, 11) is 1.40. The fourth-order valence-electron chi connectivity index (χ4n) is 2.50. The molecule has 0 aliphatic heterocycles. The van der Waals surface area contributed by atoms with Gasteiger partial charge in [0.25, 0.3) is 0 Å². The molecule has 0 radical (unpaired) electrons. The van der Waals surface area contributed by atoms with Crippen molar-refractivity contribution in [2.24, 2.45) is 5.10 Å². The van der Waals surface area contributed by atoms with Crippen LogP contribution in [0, 0.1) is 10.1 Å². The van der Waals surface area contributed by atoms with Crippen LogP contribution in [0.3, 0.4) is 0 Å². The number of carbonyl (C=O) groups excluding carboxylic acids is 1. The molecule has 2 aromatic carbocycles. The van der Waals surface area contributed by atoms with Crippen LogP contribution in [-0.2, 0) is 0 Å². The number of nitrogens with zero attached hydrogens (tertiary/aromatic N) is 2. The predicted octanol–water partition coefficient (Wildman–Crippen LogP) is 4.98. The minimum Gasteiger partial charge on any atom is -0.493 e. The van der Waals surface area contributed by atoms with Crippen molar-refractivity contribution < 1.29 is 19.2 Å². The lowest BCUT2D eigenvalue weighted by Gasteiger charge is -2.11. The van der Waals surface area contributed by atoms with E-state index in [0.29, 0.717) is 22.9 Å². The van der Waals surface area contributed by atoms with Crippen molar-refractivity contribution in [3.8, 4) is 11.5 Å². The predicted molar refractivity (Wildman–Crippen MR) is 116 cm³/mol. The zero-order valence-electron chi connectivity index (χ0n) is 16.7. The Kier molecular flexibility index (Phi) is 8.89. The summed E-state index contributed by atoms with van der Waals surface area (Å²) < 4.78 is 10.8. The van der Waals surface area contributed by atoms with Crippen LogP contribution in [0.25, 0.3) is 0 Å². The van der Waals surface area contributed by atoms with Crippen molar-refractivity contribution in [3.05, 3.63) is 57.1 Å². The highest BCUT2D eigenvalue weighted by Gasteiger charge is 2.22. The van der Waals surface area contributed by atoms with Gasteiger partial charge in [0.1, 0.15) is 0 Å². The molecule has 30 heavy (non-hydrogen) atoms. The monoisotopic (exact) mass is 434 g/mol. The van der Waals surface area contributed by atoms with E-state index in [1.54, 1.807) is 30.3 Å². The van der Waals surface area contributed by atoms with Crippen LogP contribution < -0.4 is 20.2 Å². The first-order valence-electron chi connectivity index (χ1n) is 9.29. The number of nitro benzene ring substituents is 1. The number of hydrogen-bond acceptors (Lipinski definition) is 6. The number of rotatable bonds is 10. The molecule has 0 aliphatic rings. The second kappa shape index (κ2) is 11.6. The molecule has 0 aliphatic carbocycles. The standard InChI is InChI=1S/C20H23ClN4O5/c1-3-4-5-10-30-19-17(25(27)28)11-14(12-18(19)29-2)13-22-24-20(26)23-16-8-6-15(21)7-9-16/h6-9,11-13H,3-5,10H2,1-2H3,(H2,23,24,26)/b22-13-. The van der Waals surface area contributed by atoms with Gasteiger partial charge >= 0.3 is 11.7 Å². The molecule has 2 rings (SSSR count). The third-order valence-electron chi connectivity index (χ3n) is 3.95. The lowest BCUT2D eigenvalue weighted by atomic mass is 10.2. The second-order valence-corrected chi connectivity index (χ2v) is 6.65. The molecule has 2 N–H and O–H groups in total. The molecule has 0 aromatic heterocycles. The van der Waals surface area contributed by atoms with Gasteiger partial charge in [-0.05, 0) is 36.8 Å². The maximum absolute atomic E-state index is 11.9. The van der Waals surface area contributed by atoms with E-state index >= 15 is 0 Å². The Labute approximate surface area is 179 Å². The Morgan fingerprint density at radius 1 is 1.27 bits per heavy atom. The van der Waals surface area contributed by atoms with E-state index in [4.69, 9.17) is 21.1 Å². The Balaban J connectivity index is 2.08. The van der Waals surface area contributed by atoms with Crippen molar-refractivity contribution in [2.75, 3.05) is 19.0 Å². The van der Waals surface area contributed by atoms with E-state index in [1.165, 1.54) is 19.4 Å². The second-order valence-electron chi connectivity index (χ2n) is 6.22. The van der Waals surface area contributed by atoms with E-state index < -0.39 is 11.0 Å². The number of urea groups is 1. The molecule has 10 heteroatoms. The lowest BCUT2D eigenvalue weighted by molar-refractivity contribution is -0.386. The minimum absolute atomic E-state index is 0.0733. The fraction of sp³-hybridized carbons (Fsp3) is 0.300. The summed E-state index contributed by atoms with van der Waals surface area (Å²) in [5, 5.41) is 18.4. The number of methoxy groups -OCH3 is 1. The van der Waals surface area contributed by atoms with Gasteiger partial charge in [-0.15, -0.1) is 0 Å². The summed E-state index contributed by atoms with van der Waals surface area (Å²) >= 11 is 5.79. The third kappa shape index (κ3) is 6.93. The quantitative estimate of drug-likeness (QED) is 0.237. The molecule has 2 amide bonds. The summed E-state index contributed by atoms with van der Waals surface area (Å²) in [4.78, 5) is 22.8. The Morgan fingerprint density at radius 2 is 2.00 bits per heavy atom. The van der Waals surface area contributed by atoms with Crippen molar-refractivity contribution in [1.82, 2.24) is 5.43 Å². The average Bonchev–Trinajstić information content (AvgIpc) is 2.73. The van der Waals surface area contributed by atoms with Crippen molar-refractivity contribution in [1.29, 1.82) is 0 Å². The normalized spacial score (nSPS) is 10.6. The number of benzene rings is 2. The van der Waals surface area contributed by atoms with Crippen LogP contribution in [0.5, 0.6) is 11.5 Å². The van der Waals surface area contributed by atoms with Crippen molar-refractivity contribution >= 4 is 35.2 Å². The highest BCUT2D eigenvalue weighted by atomic mass is 35.5. The van der Waals surface area contributed by atoms with Gasteiger partial charge in [-0.3, -0.25) is 10.1 Å². The van der Waals surface area contributed by atoms with Crippen LogP contribution >= 0.6 is 11.6 Å². The molecule has 0 fully saturated rings. The van der Waals surface area contributed by atoms with Crippen LogP contribution in [0.2, 0.25) is 5.02 Å². The molecule has 0 unspecified atom stereocenters. The van der Waals surface area contributed by atoms with E-state index in [0.717, 1.165) is 19.3 Å². The Bertz CT molecular complexity index is 903. The summed E-state index contributed by atoms with van der Waals surface area (Å²) in [5.74, 6) is 0.289. The number of hydrazone groups is 1. The highest BCUT2D eigenvalue weighted by molar-refractivity contribution is 6.30. The molecule has 0 saturated heterocycles. The number of halogens is 1. The molecule has 0 spiro atoms. The molecule has 0 bridgehead atoms. The zero-order chi connectivity index (χ0) is 21.9. The number of anilines is 1. The molecule has 2 aromatic rings. The van der Waals surface area contributed by atoms with Crippen LogP contribution in [-0.4, -0.2) is 30.9 Å². The zero-order valence-corrected chi connectivity index (χ0v) is 17.4. The summed E-state index contributed by atoms with van der Waals surface area (Å²) in [5.41, 5.74) is 2.95. The molecule has 0 heterocycles. The summed E-state index contributed by atoms with van der Waals surface area (Å²) in [6.07, 6.45) is 4.03. The molecule has 0 saturated carbocycles. The first kappa shape index (κ1) is 23.0. The number of nitrogens with one attached hydrogen (secondary N) is 2. The maximum atomic E-state index is 11.9.